The van der Waals surface area contributed by atoms with Gasteiger partial charge in [0.1, 0.15) is 11.4 Å². The molecule has 2 aliphatic carbocycles. The number of aryl methyl sites for hydroxylation is 1. The molecule has 2 bridgehead atoms. The van der Waals surface area contributed by atoms with Crippen LogP contribution < -0.4 is 4.74 Å². The van der Waals surface area contributed by atoms with E-state index in [0.29, 0.717) is 5.92 Å². The van der Waals surface area contributed by atoms with Crippen LogP contribution in [0.5, 0.6) is 5.75 Å². The number of aliphatic hydroxyl groups is 1. The fraction of sp³-hybridized carbons (Fsp3) is 0.625. The Balaban J connectivity index is 1.74. The molecule has 0 radical (unpaired) electrons. The smallest absolute Gasteiger partial charge is 0.125 e. The molecule has 1 N–H and O–H groups in total. The number of ether oxygens (including phenoxy) is 1. The van der Waals surface area contributed by atoms with E-state index in [-0.39, 0.29) is 11.7 Å². The molecule has 1 spiro atoms. The standard InChI is InChI=1S/C16H20O2/c1-10-2-5-15-13(6-10)14(17)9-16(18-15)8-11-3-4-12(16)7-11/h2,5-6,11-12,14,17H,3-4,7-9H2,1H3/t11?,12?,14-,16?/m1/s1. The highest BCUT2D eigenvalue weighted by Gasteiger charge is 2.55. The van der Waals surface area contributed by atoms with Crippen LogP contribution in [0.3, 0.4) is 0 Å². The summed E-state index contributed by atoms with van der Waals surface area (Å²) >= 11 is 0. The zero-order chi connectivity index (χ0) is 12.3. The zero-order valence-corrected chi connectivity index (χ0v) is 10.9. The third-order valence-corrected chi connectivity index (χ3v) is 5.30. The largest absolute Gasteiger partial charge is 0.486 e. The van der Waals surface area contributed by atoms with Crippen LogP contribution in [0.4, 0.5) is 0 Å². The minimum Gasteiger partial charge on any atom is -0.486 e. The third kappa shape index (κ3) is 1.38. The molecule has 1 aliphatic heterocycles. The van der Waals surface area contributed by atoms with E-state index in [0.717, 1.165) is 30.1 Å². The lowest BCUT2D eigenvalue weighted by Crippen LogP contribution is -2.45. The van der Waals surface area contributed by atoms with Crippen LogP contribution in [0, 0.1) is 18.8 Å². The molecular weight excluding hydrogens is 224 g/mol. The SMILES string of the molecule is Cc1ccc2c(c1)[C@H](O)CC1(CC3CCC1C3)O2. The second-order valence-electron chi connectivity index (χ2n) is 6.51. The Bertz CT molecular complexity index is 496. The minimum absolute atomic E-state index is 0.0510. The maximum atomic E-state index is 10.5. The van der Waals surface area contributed by atoms with Gasteiger partial charge in [-0.1, -0.05) is 11.6 Å². The van der Waals surface area contributed by atoms with Crippen LogP contribution in [0.15, 0.2) is 18.2 Å². The van der Waals surface area contributed by atoms with E-state index in [1.165, 1.54) is 24.8 Å². The highest BCUT2D eigenvalue weighted by atomic mass is 16.5. The van der Waals surface area contributed by atoms with E-state index in [4.69, 9.17) is 4.74 Å². The second kappa shape index (κ2) is 3.51. The molecule has 1 aromatic rings. The van der Waals surface area contributed by atoms with Gasteiger partial charge in [-0.15, -0.1) is 0 Å². The van der Waals surface area contributed by atoms with Gasteiger partial charge < -0.3 is 9.84 Å². The van der Waals surface area contributed by atoms with Gasteiger partial charge in [0.2, 0.25) is 0 Å². The first-order chi connectivity index (χ1) is 8.66. The van der Waals surface area contributed by atoms with Crippen molar-refractivity contribution in [2.24, 2.45) is 11.8 Å². The van der Waals surface area contributed by atoms with E-state index in [9.17, 15) is 5.11 Å². The molecule has 2 fully saturated rings. The maximum Gasteiger partial charge on any atom is 0.125 e. The number of hydrogen-bond acceptors (Lipinski definition) is 2. The van der Waals surface area contributed by atoms with Crippen LogP contribution >= 0.6 is 0 Å². The predicted octanol–water partition coefficient (Wildman–Crippen LogP) is 3.37. The molecular formula is C16H20O2. The average molecular weight is 244 g/mol. The van der Waals surface area contributed by atoms with Gasteiger partial charge >= 0.3 is 0 Å². The molecule has 2 nitrogen and oxygen atoms in total. The first-order valence-electron chi connectivity index (χ1n) is 7.14. The fourth-order valence-electron chi connectivity index (χ4n) is 4.49. The highest BCUT2D eigenvalue weighted by molar-refractivity contribution is 5.41. The normalized spacial score (nSPS) is 40.9. The first kappa shape index (κ1) is 10.9. The topological polar surface area (TPSA) is 29.5 Å². The number of fused-ring (bicyclic) bond motifs is 4. The van der Waals surface area contributed by atoms with Crippen molar-refractivity contribution in [3.8, 4) is 5.75 Å². The van der Waals surface area contributed by atoms with Gasteiger partial charge in [0.05, 0.1) is 6.10 Å². The lowest BCUT2D eigenvalue weighted by atomic mass is 9.77. The summed E-state index contributed by atoms with van der Waals surface area (Å²) in [4.78, 5) is 0. The summed E-state index contributed by atoms with van der Waals surface area (Å²) in [6.45, 7) is 2.06. The summed E-state index contributed by atoms with van der Waals surface area (Å²) in [5.41, 5.74) is 2.13. The summed E-state index contributed by atoms with van der Waals surface area (Å²) in [6.07, 6.45) is 5.58. The highest BCUT2D eigenvalue weighted by Crippen LogP contribution is 2.57. The van der Waals surface area contributed by atoms with Gasteiger partial charge in [0, 0.05) is 12.0 Å². The monoisotopic (exact) mass is 244 g/mol. The van der Waals surface area contributed by atoms with Gasteiger partial charge in [-0.25, -0.2) is 0 Å². The number of rotatable bonds is 0. The van der Waals surface area contributed by atoms with E-state index >= 15 is 0 Å². The molecule has 96 valence electrons. The zero-order valence-electron chi connectivity index (χ0n) is 10.9. The Morgan fingerprint density at radius 3 is 2.89 bits per heavy atom. The molecule has 0 saturated heterocycles. The second-order valence-corrected chi connectivity index (χ2v) is 6.51. The molecule has 0 amide bonds. The molecule has 4 atom stereocenters. The van der Waals surface area contributed by atoms with Crippen molar-refractivity contribution in [2.45, 2.75) is 50.7 Å². The summed E-state index contributed by atoms with van der Waals surface area (Å²) in [6, 6.07) is 6.19. The van der Waals surface area contributed by atoms with Crippen molar-refractivity contribution in [3.63, 3.8) is 0 Å². The van der Waals surface area contributed by atoms with E-state index in [1.807, 2.05) is 6.07 Å². The molecule has 2 heteroatoms. The molecule has 1 heterocycles. The Hall–Kier alpha value is -1.02. The number of aliphatic hydroxyl groups excluding tert-OH is 1. The van der Waals surface area contributed by atoms with Gasteiger partial charge in [0.25, 0.3) is 0 Å². The van der Waals surface area contributed by atoms with Gasteiger partial charge in [-0.2, -0.15) is 0 Å². The van der Waals surface area contributed by atoms with E-state index in [2.05, 4.69) is 19.1 Å². The molecule has 1 aromatic carbocycles. The van der Waals surface area contributed by atoms with E-state index < -0.39 is 0 Å². The van der Waals surface area contributed by atoms with Gasteiger partial charge in [-0.05, 0) is 56.6 Å². The van der Waals surface area contributed by atoms with Crippen LogP contribution in [0.2, 0.25) is 0 Å². The Kier molecular flexibility index (Phi) is 2.12. The Morgan fingerprint density at radius 1 is 1.28 bits per heavy atom. The van der Waals surface area contributed by atoms with Crippen molar-refractivity contribution in [1.29, 1.82) is 0 Å². The van der Waals surface area contributed by atoms with Crippen LogP contribution in [-0.4, -0.2) is 10.7 Å². The minimum atomic E-state index is -0.340. The van der Waals surface area contributed by atoms with Crippen LogP contribution in [0.1, 0.15) is 49.3 Å². The van der Waals surface area contributed by atoms with Crippen molar-refractivity contribution >= 4 is 0 Å². The average Bonchev–Trinajstić information content (AvgIpc) is 2.91. The maximum absolute atomic E-state index is 10.5. The first-order valence-corrected chi connectivity index (χ1v) is 7.14. The van der Waals surface area contributed by atoms with Crippen molar-refractivity contribution in [2.75, 3.05) is 0 Å². The van der Waals surface area contributed by atoms with Crippen LogP contribution in [0.25, 0.3) is 0 Å². The molecule has 0 aromatic heterocycles. The quantitative estimate of drug-likeness (QED) is 0.758. The Morgan fingerprint density at radius 2 is 2.17 bits per heavy atom. The van der Waals surface area contributed by atoms with Crippen molar-refractivity contribution < 1.29 is 9.84 Å². The van der Waals surface area contributed by atoms with Crippen LogP contribution in [-0.2, 0) is 0 Å². The molecule has 2 saturated carbocycles. The summed E-state index contributed by atoms with van der Waals surface area (Å²) in [5, 5.41) is 10.5. The third-order valence-electron chi connectivity index (χ3n) is 5.30. The lowest BCUT2D eigenvalue weighted by Gasteiger charge is -2.43. The fourth-order valence-corrected chi connectivity index (χ4v) is 4.49. The Labute approximate surface area is 108 Å². The lowest BCUT2D eigenvalue weighted by molar-refractivity contribution is -0.0509. The van der Waals surface area contributed by atoms with Gasteiger partial charge in [-0.3, -0.25) is 0 Å². The van der Waals surface area contributed by atoms with Crippen molar-refractivity contribution in [1.82, 2.24) is 0 Å². The molecule has 4 rings (SSSR count). The number of hydrogen-bond donors (Lipinski definition) is 1. The summed E-state index contributed by atoms with van der Waals surface area (Å²) < 4.78 is 6.38. The summed E-state index contributed by atoms with van der Waals surface area (Å²) in [7, 11) is 0. The predicted molar refractivity (Wildman–Crippen MR) is 69.6 cm³/mol. The number of benzene rings is 1. The molecule has 3 unspecified atom stereocenters. The molecule has 18 heavy (non-hydrogen) atoms. The van der Waals surface area contributed by atoms with E-state index in [1.54, 1.807) is 0 Å². The molecule has 3 aliphatic rings. The van der Waals surface area contributed by atoms with Crippen molar-refractivity contribution in [3.05, 3.63) is 29.3 Å². The van der Waals surface area contributed by atoms with Gasteiger partial charge in [0.15, 0.2) is 0 Å². The summed E-state index contributed by atoms with van der Waals surface area (Å²) in [5.74, 6) is 2.44.